The van der Waals surface area contributed by atoms with Crippen LogP contribution in [0.1, 0.15) is 4.88 Å². The molecule has 7 heteroatoms. The first-order valence-electron chi connectivity index (χ1n) is 5.28. The van der Waals surface area contributed by atoms with Crippen molar-refractivity contribution in [3.63, 3.8) is 0 Å². The van der Waals surface area contributed by atoms with Crippen LogP contribution in [0.25, 0.3) is 0 Å². The molecule has 0 aliphatic heterocycles. The maximum absolute atomic E-state index is 11.7. The van der Waals surface area contributed by atoms with E-state index in [4.69, 9.17) is 23.2 Å². The molecular formula is C12H9BrCl2N2OS. The summed E-state index contributed by atoms with van der Waals surface area (Å²) in [5, 5.41) is 6.38. The summed E-state index contributed by atoms with van der Waals surface area (Å²) < 4.78 is 1.03. The average Bonchev–Trinajstić information content (AvgIpc) is 2.71. The van der Waals surface area contributed by atoms with Gasteiger partial charge in [0.25, 0.3) is 0 Å². The van der Waals surface area contributed by atoms with Crippen LogP contribution < -0.4 is 10.6 Å². The van der Waals surface area contributed by atoms with Crippen LogP contribution in [0.3, 0.4) is 0 Å². The second-order valence-corrected chi connectivity index (χ2v) is 7.09. The normalized spacial score (nSPS) is 10.3. The van der Waals surface area contributed by atoms with Crippen LogP contribution in [-0.2, 0) is 6.54 Å². The van der Waals surface area contributed by atoms with E-state index in [9.17, 15) is 4.79 Å². The smallest absolute Gasteiger partial charge is 0.319 e. The molecule has 0 aliphatic rings. The van der Waals surface area contributed by atoms with Crippen molar-refractivity contribution in [3.05, 3.63) is 49.0 Å². The first kappa shape index (κ1) is 14.7. The number of urea groups is 1. The van der Waals surface area contributed by atoms with Crippen molar-refractivity contribution >= 4 is 62.2 Å². The third kappa shape index (κ3) is 4.69. The Morgan fingerprint density at radius 2 is 1.89 bits per heavy atom. The van der Waals surface area contributed by atoms with E-state index in [2.05, 4.69) is 26.6 Å². The first-order chi connectivity index (χ1) is 9.02. The summed E-state index contributed by atoms with van der Waals surface area (Å²) in [4.78, 5) is 12.8. The van der Waals surface area contributed by atoms with Crippen LogP contribution in [0.4, 0.5) is 10.5 Å². The lowest BCUT2D eigenvalue weighted by molar-refractivity contribution is 0.252. The summed E-state index contributed by atoms with van der Waals surface area (Å²) in [6, 6.07) is 8.46. The van der Waals surface area contributed by atoms with Crippen LogP contribution in [0.2, 0.25) is 10.0 Å². The molecule has 2 rings (SSSR count). The highest BCUT2D eigenvalue weighted by Gasteiger charge is 2.05. The number of benzene rings is 1. The third-order valence-corrected chi connectivity index (χ3v) is 4.23. The molecule has 0 saturated heterocycles. The van der Waals surface area contributed by atoms with Crippen LogP contribution >= 0.6 is 50.5 Å². The minimum absolute atomic E-state index is 0.303. The molecule has 0 saturated carbocycles. The van der Waals surface area contributed by atoms with E-state index < -0.39 is 0 Å². The number of carbonyl (C=O) groups excluding carboxylic acids is 1. The van der Waals surface area contributed by atoms with Gasteiger partial charge in [-0.15, -0.1) is 11.3 Å². The molecule has 0 spiro atoms. The second kappa shape index (κ2) is 6.61. The number of hydrogen-bond donors (Lipinski definition) is 2. The molecule has 2 aromatic rings. The number of rotatable bonds is 3. The topological polar surface area (TPSA) is 41.1 Å². The summed E-state index contributed by atoms with van der Waals surface area (Å²) >= 11 is 16.6. The maximum atomic E-state index is 11.7. The zero-order valence-electron chi connectivity index (χ0n) is 9.54. The molecule has 0 fully saturated rings. The van der Waals surface area contributed by atoms with Gasteiger partial charge in [-0.1, -0.05) is 23.2 Å². The van der Waals surface area contributed by atoms with Gasteiger partial charge in [0, 0.05) is 20.6 Å². The van der Waals surface area contributed by atoms with Crippen LogP contribution in [0.15, 0.2) is 34.1 Å². The standard InChI is InChI=1S/C12H9BrCl2N2OS/c13-11-2-1-10(19-11)6-16-12(18)17-9-4-7(14)3-8(15)5-9/h1-5H,6H2,(H2,16,17,18). The van der Waals surface area contributed by atoms with E-state index >= 15 is 0 Å². The summed E-state index contributed by atoms with van der Waals surface area (Å²) in [6.45, 7) is 0.469. The molecule has 100 valence electrons. The SMILES string of the molecule is O=C(NCc1ccc(Br)s1)Nc1cc(Cl)cc(Cl)c1. The van der Waals surface area contributed by atoms with E-state index in [1.54, 1.807) is 29.5 Å². The van der Waals surface area contributed by atoms with Crippen LogP contribution in [0.5, 0.6) is 0 Å². The number of thiophene rings is 1. The van der Waals surface area contributed by atoms with Gasteiger partial charge in [0.15, 0.2) is 0 Å². The number of nitrogens with one attached hydrogen (secondary N) is 2. The summed E-state index contributed by atoms with van der Waals surface area (Å²) in [5.41, 5.74) is 0.558. The molecule has 0 aliphatic carbocycles. The van der Waals surface area contributed by atoms with Gasteiger partial charge in [-0.2, -0.15) is 0 Å². The minimum atomic E-state index is -0.303. The predicted octanol–water partition coefficient (Wildman–Crippen LogP) is 5.14. The van der Waals surface area contributed by atoms with E-state index in [1.807, 2.05) is 12.1 Å². The summed E-state index contributed by atoms with van der Waals surface area (Å²) in [6.07, 6.45) is 0. The fourth-order valence-electron chi connectivity index (χ4n) is 1.42. The number of amides is 2. The van der Waals surface area contributed by atoms with Gasteiger partial charge in [0.1, 0.15) is 0 Å². The van der Waals surface area contributed by atoms with E-state index in [0.717, 1.165) is 8.66 Å². The maximum Gasteiger partial charge on any atom is 0.319 e. The largest absolute Gasteiger partial charge is 0.333 e. The molecule has 2 N–H and O–H groups in total. The molecule has 3 nitrogen and oxygen atoms in total. The third-order valence-electron chi connectivity index (χ3n) is 2.17. The Morgan fingerprint density at radius 1 is 1.21 bits per heavy atom. The van der Waals surface area contributed by atoms with Crippen molar-refractivity contribution in [1.29, 1.82) is 0 Å². The molecule has 0 radical (unpaired) electrons. The van der Waals surface area contributed by atoms with E-state index in [-0.39, 0.29) is 6.03 Å². The monoisotopic (exact) mass is 378 g/mol. The van der Waals surface area contributed by atoms with Crippen molar-refractivity contribution in [2.75, 3.05) is 5.32 Å². The van der Waals surface area contributed by atoms with Gasteiger partial charge in [-0.3, -0.25) is 0 Å². The quantitative estimate of drug-likeness (QED) is 0.761. The van der Waals surface area contributed by atoms with Gasteiger partial charge < -0.3 is 10.6 Å². The summed E-state index contributed by atoms with van der Waals surface area (Å²) in [5.74, 6) is 0. The van der Waals surface area contributed by atoms with Crippen LogP contribution in [-0.4, -0.2) is 6.03 Å². The second-order valence-electron chi connectivity index (χ2n) is 3.67. The molecule has 1 heterocycles. The Hall–Kier alpha value is -0.750. The molecular weight excluding hydrogens is 371 g/mol. The van der Waals surface area contributed by atoms with Crippen molar-refractivity contribution < 1.29 is 4.79 Å². The van der Waals surface area contributed by atoms with Crippen molar-refractivity contribution in [3.8, 4) is 0 Å². The number of carbonyl (C=O) groups is 1. The highest BCUT2D eigenvalue weighted by atomic mass is 79.9. The van der Waals surface area contributed by atoms with Gasteiger partial charge >= 0.3 is 6.03 Å². The van der Waals surface area contributed by atoms with Crippen molar-refractivity contribution in [2.45, 2.75) is 6.54 Å². The fraction of sp³-hybridized carbons (Fsp3) is 0.0833. The Labute approximate surface area is 133 Å². The lowest BCUT2D eigenvalue weighted by atomic mass is 10.3. The Balaban J connectivity index is 1.90. The zero-order chi connectivity index (χ0) is 13.8. The number of hydrogen-bond acceptors (Lipinski definition) is 2. The van der Waals surface area contributed by atoms with E-state index in [1.165, 1.54) is 0 Å². The van der Waals surface area contributed by atoms with Crippen molar-refractivity contribution in [1.82, 2.24) is 5.32 Å². The predicted molar refractivity (Wildman–Crippen MR) is 84.3 cm³/mol. The molecule has 19 heavy (non-hydrogen) atoms. The molecule has 1 aromatic carbocycles. The molecule has 0 unspecified atom stereocenters. The first-order valence-corrected chi connectivity index (χ1v) is 7.64. The van der Waals surface area contributed by atoms with Gasteiger partial charge in [-0.25, -0.2) is 4.79 Å². The molecule has 0 bridgehead atoms. The fourth-order valence-corrected chi connectivity index (χ4v) is 3.36. The number of anilines is 1. The molecule has 0 atom stereocenters. The highest BCUT2D eigenvalue weighted by Crippen LogP contribution is 2.23. The molecule has 1 aromatic heterocycles. The van der Waals surface area contributed by atoms with Crippen LogP contribution in [0, 0.1) is 0 Å². The molecule has 2 amide bonds. The zero-order valence-corrected chi connectivity index (χ0v) is 13.5. The van der Waals surface area contributed by atoms with Gasteiger partial charge in [0.2, 0.25) is 0 Å². The average molecular weight is 380 g/mol. The minimum Gasteiger partial charge on any atom is -0.333 e. The Kier molecular flexibility index (Phi) is 5.10. The Morgan fingerprint density at radius 3 is 2.47 bits per heavy atom. The van der Waals surface area contributed by atoms with E-state index in [0.29, 0.717) is 22.3 Å². The number of halogens is 3. The lowest BCUT2D eigenvalue weighted by Gasteiger charge is -2.07. The van der Waals surface area contributed by atoms with Gasteiger partial charge in [0.05, 0.1) is 10.3 Å². The lowest BCUT2D eigenvalue weighted by Crippen LogP contribution is -2.27. The highest BCUT2D eigenvalue weighted by molar-refractivity contribution is 9.11. The van der Waals surface area contributed by atoms with Gasteiger partial charge in [-0.05, 0) is 46.3 Å². The summed E-state index contributed by atoms with van der Waals surface area (Å²) in [7, 11) is 0. The van der Waals surface area contributed by atoms with Crippen molar-refractivity contribution in [2.24, 2.45) is 0 Å². The Bertz CT molecular complexity index is 583.